The molecule has 4 heteroatoms. The second-order valence-electron chi connectivity index (χ2n) is 4.51. The maximum absolute atomic E-state index is 12.6. The van der Waals surface area contributed by atoms with Crippen LogP contribution in [0, 0.1) is 0 Å². The summed E-state index contributed by atoms with van der Waals surface area (Å²) in [6, 6.07) is 15.7. The van der Waals surface area contributed by atoms with Gasteiger partial charge in [-0.15, -0.1) is 0 Å². The summed E-state index contributed by atoms with van der Waals surface area (Å²) in [5, 5.41) is -0.0481. The van der Waals surface area contributed by atoms with Crippen molar-refractivity contribution in [2.24, 2.45) is 0 Å². The highest BCUT2D eigenvalue weighted by Gasteiger charge is 2.32. The van der Waals surface area contributed by atoms with Crippen LogP contribution in [0.3, 0.4) is 0 Å². The van der Waals surface area contributed by atoms with Crippen molar-refractivity contribution in [3.8, 4) is 0 Å². The average molecular weight is 273 g/mol. The third kappa shape index (κ3) is 1.79. The molecule has 0 fully saturated rings. The molecule has 0 bridgehead atoms. The zero-order valence-corrected chi connectivity index (χ0v) is 11.2. The van der Waals surface area contributed by atoms with Crippen molar-refractivity contribution in [3.63, 3.8) is 0 Å². The van der Waals surface area contributed by atoms with Crippen molar-refractivity contribution >= 4 is 28.6 Å². The van der Waals surface area contributed by atoms with Gasteiger partial charge < -0.3 is 4.90 Å². The van der Waals surface area contributed by atoms with Gasteiger partial charge in [-0.1, -0.05) is 36.4 Å². The molecule has 1 heterocycles. The largest absolute Gasteiger partial charge is 0.344 e. The predicted octanol–water partition coefficient (Wildman–Crippen LogP) is 4.13. The van der Waals surface area contributed by atoms with Crippen LogP contribution in [0.2, 0.25) is 0 Å². The second kappa shape index (κ2) is 4.63. The Hall–Kier alpha value is -1.94. The second-order valence-corrected chi connectivity index (χ2v) is 4.91. The molecule has 0 atom stereocenters. The third-order valence-corrected chi connectivity index (χ3v) is 3.83. The number of nitrogens with zero attached hydrogens (tertiary/aromatic N) is 1. The summed E-state index contributed by atoms with van der Waals surface area (Å²) < 4.78 is 12.6. The molecule has 0 saturated carbocycles. The summed E-state index contributed by atoms with van der Waals surface area (Å²) in [5.74, 6) is -0.344. The Morgan fingerprint density at radius 1 is 1.05 bits per heavy atom. The van der Waals surface area contributed by atoms with Gasteiger partial charge in [0.15, 0.2) is 0 Å². The minimum atomic E-state index is -0.344. The minimum Gasteiger partial charge on any atom is -0.344 e. The molecule has 0 saturated heterocycles. The van der Waals surface area contributed by atoms with E-state index >= 15 is 0 Å². The van der Waals surface area contributed by atoms with E-state index in [4.69, 9.17) is 12.2 Å². The normalized spacial score (nSPS) is 13.7. The third-order valence-electron chi connectivity index (χ3n) is 3.53. The van der Waals surface area contributed by atoms with E-state index in [-0.39, 0.29) is 11.0 Å². The molecule has 19 heavy (non-hydrogen) atoms. The summed E-state index contributed by atoms with van der Waals surface area (Å²) in [4.78, 5) is 5.94. The number of rotatable bonds is 1. The lowest BCUT2D eigenvalue weighted by Gasteiger charge is -2.34. The smallest absolute Gasteiger partial charge is 0.223 e. The number of anilines is 2. The summed E-state index contributed by atoms with van der Waals surface area (Å²) in [6.07, 6.45) is 0. The fourth-order valence-corrected chi connectivity index (χ4v) is 2.92. The van der Waals surface area contributed by atoms with Crippen LogP contribution in [0.4, 0.5) is 15.9 Å². The highest BCUT2D eigenvalue weighted by molar-refractivity contribution is 7.80. The molecule has 0 spiro atoms. The molecule has 2 aromatic rings. The van der Waals surface area contributed by atoms with Crippen LogP contribution < -0.4 is 4.90 Å². The van der Waals surface area contributed by atoms with Crippen molar-refractivity contribution in [1.29, 1.82) is 0 Å². The SMILES string of the molecule is CN1c2ccccc2C(C(=S)OF)c2ccccc21. The van der Waals surface area contributed by atoms with Gasteiger partial charge in [0.25, 0.3) is 0 Å². The molecule has 0 aromatic heterocycles. The Morgan fingerprint density at radius 3 is 2.00 bits per heavy atom. The quantitative estimate of drug-likeness (QED) is 0.725. The Kier molecular flexibility index (Phi) is 2.95. The first-order valence-corrected chi connectivity index (χ1v) is 6.39. The molecule has 2 nitrogen and oxygen atoms in total. The van der Waals surface area contributed by atoms with Gasteiger partial charge in [-0.2, -0.15) is 0 Å². The molecule has 0 aliphatic carbocycles. The van der Waals surface area contributed by atoms with E-state index in [0.29, 0.717) is 0 Å². The first kappa shape index (κ1) is 12.1. The van der Waals surface area contributed by atoms with Gasteiger partial charge in [0.2, 0.25) is 5.05 Å². The molecule has 0 N–H and O–H groups in total. The van der Waals surface area contributed by atoms with Crippen LogP contribution in [0.5, 0.6) is 0 Å². The topological polar surface area (TPSA) is 12.5 Å². The van der Waals surface area contributed by atoms with Crippen LogP contribution in [-0.2, 0) is 4.94 Å². The Bertz CT molecular complexity index is 596. The number of hydrogen-bond donors (Lipinski definition) is 0. The number of para-hydroxylation sites is 2. The standard InChI is InChI=1S/C15H12FNOS/c1-17-12-8-4-2-6-10(12)14(15(19)18-16)11-7-3-5-9-13(11)17/h2-9,14H,1H3. The number of halogens is 1. The van der Waals surface area contributed by atoms with Crippen molar-refractivity contribution in [3.05, 3.63) is 59.7 Å². The molecule has 1 aliphatic heterocycles. The summed E-state index contributed by atoms with van der Waals surface area (Å²) in [5.41, 5.74) is 3.97. The van der Waals surface area contributed by atoms with Gasteiger partial charge in [-0.3, -0.25) is 4.94 Å². The van der Waals surface area contributed by atoms with E-state index in [9.17, 15) is 4.53 Å². The van der Waals surface area contributed by atoms with E-state index < -0.39 is 0 Å². The number of thiocarbonyl (C=S) groups is 1. The zero-order chi connectivity index (χ0) is 13.4. The predicted molar refractivity (Wildman–Crippen MR) is 77.6 cm³/mol. The summed E-state index contributed by atoms with van der Waals surface area (Å²) in [6.45, 7) is 0. The molecule has 1 aliphatic rings. The first-order valence-electron chi connectivity index (χ1n) is 5.98. The number of fused-ring (bicyclic) bond motifs is 2. The van der Waals surface area contributed by atoms with Gasteiger partial charge in [-0.05, 0) is 35.5 Å². The van der Waals surface area contributed by atoms with Gasteiger partial charge in [0.05, 0.1) is 5.92 Å². The highest BCUT2D eigenvalue weighted by atomic mass is 32.1. The van der Waals surface area contributed by atoms with Crippen molar-refractivity contribution < 1.29 is 9.47 Å². The Morgan fingerprint density at radius 2 is 1.53 bits per heavy atom. The molecule has 96 valence electrons. The molecule has 0 amide bonds. The van der Waals surface area contributed by atoms with Gasteiger partial charge in [0.1, 0.15) is 0 Å². The maximum atomic E-state index is 12.6. The molecular formula is C15H12FNOS. The van der Waals surface area contributed by atoms with Crippen LogP contribution in [0.1, 0.15) is 17.0 Å². The van der Waals surface area contributed by atoms with Gasteiger partial charge >= 0.3 is 0 Å². The van der Waals surface area contributed by atoms with Crippen LogP contribution in [0.25, 0.3) is 0 Å². The highest BCUT2D eigenvalue weighted by Crippen LogP contribution is 2.45. The van der Waals surface area contributed by atoms with Gasteiger partial charge in [-0.25, -0.2) is 0 Å². The minimum absolute atomic E-state index is 0.0481. The average Bonchev–Trinajstić information content (AvgIpc) is 2.47. The Balaban J connectivity index is 2.26. The lowest BCUT2D eigenvalue weighted by atomic mass is 9.85. The molecule has 2 aromatic carbocycles. The maximum Gasteiger partial charge on any atom is 0.223 e. The van der Waals surface area contributed by atoms with E-state index in [1.807, 2.05) is 55.6 Å². The molecule has 3 rings (SSSR count). The lowest BCUT2D eigenvalue weighted by molar-refractivity contribution is -0.0231. The van der Waals surface area contributed by atoms with E-state index in [0.717, 1.165) is 22.5 Å². The summed E-state index contributed by atoms with van der Waals surface area (Å²) >= 11 is 5.05. The van der Waals surface area contributed by atoms with Crippen molar-refractivity contribution in [1.82, 2.24) is 0 Å². The molecule has 0 unspecified atom stereocenters. The van der Waals surface area contributed by atoms with Crippen LogP contribution in [0.15, 0.2) is 48.5 Å². The zero-order valence-electron chi connectivity index (χ0n) is 10.3. The van der Waals surface area contributed by atoms with Crippen LogP contribution in [-0.4, -0.2) is 12.1 Å². The fraction of sp³-hybridized carbons (Fsp3) is 0.133. The first-order chi connectivity index (χ1) is 9.24. The van der Waals surface area contributed by atoms with Crippen molar-refractivity contribution in [2.45, 2.75) is 5.92 Å². The van der Waals surface area contributed by atoms with Crippen molar-refractivity contribution in [2.75, 3.05) is 11.9 Å². The molecular weight excluding hydrogens is 261 g/mol. The fourth-order valence-electron chi connectivity index (χ4n) is 2.67. The Labute approximate surface area is 116 Å². The van der Waals surface area contributed by atoms with Crippen LogP contribution >= 0.6 is 12.2 Å². The molecule has 0 radical (unpaired) electrons. The van der Waals surface area contributed by atoms with Gasteiger partial charge in [0, 0.05) is 22.9 Å². The number of benzene rings is 2. The summed E-state index contributed by atoms with van der Waals surface area (Å²) in [7, 11) is 1.99. The van der Waals surface area contributed by atoms with E-state index in [2.05, 4.69) is 9.84 Å². The van der Waals surface area contributed by atoms with E-state index in [1.165, 1.54) is 0 Å². The monoisotopic (exact) mass is 273 g/mol. The lowest BCUT2D eigenvalue weighted by Crippen LogP contribution is -2.25. The number of hydrogen-bond acceptors (Lipinski definition) is 3. The van der Waals surface area contributed by atoms with E-state index in [1.54, 1.807) is 0 Å².